The van der Waals surface area contributed by atoms with Crippen LogP contribution in [0.25, 0.3) is 11.6 Å². The van der Waals surface area contributed by atoms with E-state index >= 15 is 0 Å². The van der Waals surface area contributed by atoms with Gasteiger partial charge >= 0.3 is 0 Å². The zero-order valence-electron chi connectivity index (χ0n) is 13.0. The summed E-state index contributed by atoms with van der Waals surface area (Å²) in [6.07, 6.45) is 7.47. The van der Waals surface area contributed by atoms with Crippen LogP contribution in [0, 0.1) is 0 Å². The highest BCUT2D eigenvalue weighted by Crippen LogP contribution is 2.26. The highest BCUT2D eigenvalue weighted by Gasteiger charge is 2.26. The van der Waals surface area contributed by atoms with Crippen LogP contribution < -0.4 is 10.2 Å². The lowest BCUT2D eigenvalue weighted by Crippen LogP contribution is -2.36. The van der Waals surface area contributed by atoms with Gasteiger partial charge in [0.1, 0.15) is 0 Å². The third kappa shape index (κ3) is 2.56. The van der Waals surface area contributed by atoms with Crippen molar-refractivity contribution in [3.63, 3.8) is 0 Å². The molecule has 1 fully saturated rings. The molecule has 3 heterocycles. The molecular weight excluding hydrogens is 304 g/mol. The molecule has 0 spiro atoms. The van der Waals surface area contributed by atoms with Crippen LogP contribution in [0.15, 0.2) is 36.7 Å². The number of amides is 2. The van der Waals surface area contributed by atoms with Gasteiger partial charge in [0.2, 0.25) is 5.95 Å². The van der Waals surface area contributed by atoms with Crippen molar-refractivity contribution in [2.45, 2.75) is 12.8 Å². The third-order valence-electron chi connectivity index (χ3n) is 4.29. The maximum Gasteiger partial charge on any atom is 0.258 e. The number of nitrogens with one attached hydrogen (secondary N) is 1. The summed E-state index contributed by atoms with van der Waals surface area (Å²) < 4.78 is 0. The summed E-state index contributed by atoms with van der Waals surface area (Å²) in [5.41, 5.74) is 2.31. The fourth-order valence-corrected chi connectivity index (χ4v) is 3.07. The molecule has 1 aromatic carbocycles. The van der Waals surface area contributed by atoms with Crippen LogP contribution in [0.5, 0.6) is 0 Å². The largest absolute Gasteiger partial charge is 0.341 e. The SMILES string of the molecule is O=C1NC(=O)c2ccccc2/C1=C\c1cnc(N2CCCC2)nc1. The van der Waals surface area contributed by atoms with Gasteiger partial charge in [-0.15, -0.1) is 0 Å². The lowest BCUT2D eigenvalue weighted by atomic mass is 9.94. The second-order valence-electron chi connectivity index (χ2n) is 5.90. The molecule has 4 rings (SSSR count). The number of nitrogens with zero attached hydrogens (tertiary/aromatic N) is 3. The first-order valence-electron chi connectivity index (χ1n) is 7.96. The Morgan fingerprint density at radius 1 is 0.958 bits per heavy atom. The van der Waals surface area contributed by atoms with Crippen LogP contribution in [-0.2, 0) is 4.79 Å². The van der Waals surface area contributed by atoms with Gasteiger partial charge in [-0.1, -0.05) is 18.2 Å². The molecule has 1 aromatic heterocycles. The molecule has 0 unspecified atom stereocenters. The van der Waals surface area contributed by atoms with Crippen molar-refractivity contribution in [2.75, 3.05) is 18.0 Å². The first-order chi connectivity index (χ1) is 11.7. The van der Waals surface area contributed by atoms with Crippen molar-refractivity contribution in [1.29, 1.82) is 0 Å². The molecule has 2 aromatic rings. The van der Waals surface area contributed by atoms with Crippen molar-refractivity contribution in [1.82, 2.24) is 15.3 Å². The van der Waals surface area contributed by atoms with Crippen LogP contribution in [0.1, 0.15) is 34.3 Å². The van der Waals surface area contributed by atoms with Gasteiger partial charge in [0, 0.05) is 42.2 Å². The number of anilines is 1. The number of hydrogen-bond acceptors (Lipinski definition) is 5. The molecule has 6 nitrogen and oxygen atoms in total. The van der Waals surface area contributed by atoms with E-state index in [4.69, 9.17) is 0 Å². The van der Waals surface area contributed by atoms with Crippen LogP contribution in [-0.4, -0.2) is 34.9 Å². The fraction of sp³-hybridized carbons (Fsp3) is 0.222. The predicted molar refractivity (Wildman–Crippen MR) is 90.3 cm³/mol. The number of rotatable bonds is 2. The lowest BCUT2D eigenvalue weighted by molar-refractivity contribution is -0.114. The lowest BCUT2D eigenvalue weighted by Gasteiger charge is -2.18. The first kappa shape index (κ1) is 14.6. The maximum atomic E-state index is 12.2. The van der Waals surface area contributed by atoms with Crippen LogP contribution in [0.2, 0.25) is 0 Å². The van der Waals surface area contributed by atoms with Gasteiger partial charge < -0.3 is 4.90 Å². The van der Waals surface area contributed by atoms with E-state index in [-0.39, 0.29) is 5.91 Å². The highest BCUT2D eigenvalue weighted by molar-refractivity contribution is 6.33. The molecule has 0 aliphatic carbocycles. The summed E-state index contributed by atoms with van der Waals surface area (Å²) in [6.45, 7) is 1.97. The third-order valence-corrected chi connectivity index (χ3v) is 4.29. The second-order valence-corrected chi connectivity index (χ2v) is 5.90. The number of carbonyl (C=O) groups is 2. The number of carbonyl (C=O) groups excluding carboxylic acids is 2. The summed E-state index contributed by atoms with van der Waals surface area (Å²) in [7, 11) is 0. The Hall–Kier alpha value is -3.02. The van der Waals surface area contributed by atoms with Crippen LogP contribution in [0.4, 0.5) is 5.95 Å². The molecule has 0 radical (unpaired) electrons. The normalized spacial score (nSPS) is 18.7. The zero-order valence-corrected chi connectivity index (χ0v) is 13.0. The Balaban J connectivity index is 1.68. The molecule has 6 heteroatoms. The van der Waals surface area contributed by atoms with Crippen molar-refractivity contribution in [3.05, 3.63) is 53.3 Å². The molecule has 1 N–H and O–H groups in total. The van der Waals surface area contributed by atoms with Crippen LogP contribution >= 0.6 is 0 Å². The van der Waals surface area contributed by atoms with Gasteiger partial charge in [0.05, 0.1) is 0 Å². The van der Waals surface area contributed by atoms with E-state index in [2.05, 4.69) is 20.2 Å². The highest BCUT2D eigenvalue weighted by atomic mass is 16.2. The summed E-state index contributed by atoms with van der Waals surface area (Å²) in [5.74, 6) is -0.0472. The minimum atomic E-state index is -0.401. The fourth-order valence-electron chi connectivity index (χ4n) is 3.07. The summed E-state index contributed by atoms with van der Waals surface area (Å²) in [6, 6.07) is 7.07. The van der Waals surface area contributed by atoms with E-state index in [1.54, 1.807) is 36.7 Å². The topological polar surface area (TPSA) is 75.2 Å². The average molecular weight is 320 g/mol. The van der Waals surface area contributed by atoms with E-state index in [0.29, 0.717) is 16.7 Å². The Kier molecular flexibility index (Phi) is 3.57. The molecule has 2 amide bonds. The van der Waals surface area contributed by atoms with Gasteiger partial charge in [0.15, 0.2) is 0 Å². The van der Waals surface area contributed by atoms with Gasteiger partial charge in [-0.2, -0.15) is 0 Å². The number of fused-ring (bicyclic) bond motifs is 1. The Morgan fingerprint density at radius 3 is 2.33 bits per heavy atom. The summed E-state index contributed by atoms with van der Waals surface area (Å²) in [4.78, 5) is 35.0. The summed E-state index contributed by atoms with van der Waals surface area (Å²) >= 11 is 0. The van der Waals surface area contributed by atoms with Crippen molar-refractivity contribution < 1.29 is 9.59 Å². The van der Waals surface area contributed by atoms with Gasteiger partial charge in [-0.3, -0.25) is 14.9 Å². The predicted octanol–water partition coefficient (Wildman–Crippen LogP) is 1.89. The molecule has 24 heavy (non-hydrogen) atoms. The Morgan fingerprint density at radius 2 is 1.62 bits per heavy atom. The minimum absolute atomic E-state index is 0.367. The number of hydrogen-bond donors (Lipinski definition) is 1. The average Bonchev–Trinajstić information content (AvgIpc) is 3.14. The molecule has 2 aliphatic rings. The van der Waals surface area contributed by atoms with Crippen molar-refractivity contribution in [2.24, 2.45) is 0 Å². The van der Waals surface area contributed by atoms with E-state index in [0.717, 1.165) is 24.6 Å². The van der Waals surface area contributed by atoms with E-state index < -0.39 is 5.91 Å². The smallest absolute Gasteiger partial charge is 0.258 e. The number of imide groups is 1. The standard InChI is InChI=1S/C18H16N4O2/c23-16-14-6-2-1-5-13(14)15(17(24)21-16)9-12-10-19-18(20-11-12)22-7-3-4-8-22/h1-2,5-6,9-11H,3-4,7-8H2,(H,21,23,24)/b15-9+. The van der Waals surface area contributed by atoms with Crippen molar-refractivity contribution in [3.8, 4) is 0 Å². The maximum absolute atomic E-state index is 12.2. The van der Waals surface area contributed by atoms with E-state index in [1.165, 1.54) is 12.8 Å². The van der Waals surface area contributed by atoms with Crippen molar-refractivity contribution >= 4 is 29.4 Å². The second kappa shape index (κ2) is 5.88. The molecule has 0 saturated carbocycles. The Labute approximate surface area is 139 Å². The summed E-state index contributed by atoms with van der Waals surface area (Å²) in [5, 5.41) is 2.37. The zero-order chi connectivity index (χ0) is 16.5. The number of aromatic nitrogens is 2. The van der Waals surface area contributed by atoms with Gasteiger partial charge in [0.25, 0.3) is 11.8 Å². The quantitative estimate of drug-likeness (QED) is 0.675. The molecule has 2 aliphatic heterocycles. The van der Waals surface area contributed by atoms with Crippen LogP contribution in [0.3, 0.4) is 0 Å². The Bertz CT molecular complexity index is 836. The minimum Gasteiger partial charge on any atom is -0.341 e. The number of benzene rings is 1. The molecule has 0 bridgehead atoms. The molecule has 1 saturated heterocycles. The first-order valence-corrected chi connectivity index (χ1v) is 7.96. The van der Waals surface area contributed by atoms with E-state index in [1.807, 2.05) is 6.07 Å². The molecule has 0 atom stereocenters. The monoisotopic (exact) mass is 320 g/mol. The molecule has 120 valence electrons. The van der Waals surface area contributed by atoms with Gasteiger partial charge in [-0.25, -0.2) is 9.97 Å². The van der Waals surface area contributed by atoms with E-state index in [9.17, 15) is 9.59 Å². The molecular formula is C18H16N4O2. The van der Waals surface area contributed by atoms with Gasteiger partial charge in [-0.05, 0) is 30.5 Å².